The molecule has 0 aliphatic carbocycles. The highest BCUT2D eigenvalue weighted by Crippen LogP contribution is 2.27. The van der Waals surface area contributed by atoms with E-state index >= 15 is 0 Å². The summed E-state index contributed by atoms with van der Waals surface area (Å²) in [6, 6.07) is 11.9. The molecule has 2 heterocycles. The number of aryl methyl sites for hydroxylation is 1. The molecule has 1 aliphatic heterocycles. The number of hydrogen-bond donors (Lipinski definition) is 1. The topological polar surface area (TPSA) is 97.7 Å². The number of nitrogens with one attached hydrogen (secondary N) is 1. The predicted molar refractivity (Wildman–Crippen MR) is 126 cm³/mol. The summed E-state index contributed by atoms with van der Waals surface area (Å²) in [4.78, 5) is 27.0. The molecule has 8 nitrogen and oxygen atoms in total. The number of halogens is 1. The lowest BCUT2D eigenvalue weighted by molar-refractivity contribution is -0.135. The Kier molecular flexibility index (Phi) is 6.73. The number of amides is 2. The van der Waals surface area contributed by atoms with Gasteiger partial charge in [-0.3, -0.25) is 9.59 Å². The van der Waals surface area contributed by atoms with E-state index in [-0.39, 0.29) is 17.3 Å². The highest BCUT2D eigenvalue weighted by Gasteiger charge is 2.26. The standard InChI is InChI=1S/C23H24ClN3O5S/c1-16-6-7-17(12-19(16)24)25-22(28)15-33(30,31)21-13-27(20-5-3-2-4-18(20)21)14-23(29)26-8-10-32-11-9-26/h2-7,12-13H,8-11,14-15H2,1H3,(H,25,28). The summed E-state index contributed by atoms with van der Waals surface area (Å²) < 4.78 is 33.2. The number of aromatic nitrogens is 1. The van der Waals surface area contributed by atoms with Crippen molar-refractivity contribution >= 4 is 49.8 Å². The number of benzene rings is 2. The molecule has 10 heteroatoms. The van der Waals surface area contributed by atoms with Gasteiger partial charge in [0.25, 0.3) is 0 Å². The van der Waals surface area contributed by atoms with Crippen LogP contribution in [0.5, 0.6) is 0 Å². The van der Waals surface area contributed by atoms with E-state index in [0.29, 0.717) is 47.9 Å². The van der Waals surface area contributed by atoms with Crippen LogP contribution in [0, 0.1) is 6.92 Å². The highest BCUT2D eigenvalue weighted by atomic mass is 35.5. The summed E-state index contributed by atoms with van der Waals surface area (Å²) in [7, 11) is -3.98. The van der Waals surface area contributed by atoms with Gasteiger partial charge in [0.1, 0.15) is 12.3 Å². The molecule has 0 spiro atoms. The number of sulfone groups is 1. The van der Waals surface area contributed by atoms with Gasteiger partial charge < -0.3 is 19.5 Å². The van der Waals surface area contributed by atoms with Crippen LogP contribution in [0.15, 0.2) is 53.6 Å². The number of carbonyl (C=O) groups excluding carboxylic acids is 2. The van der Waals surface area contributed by atoms with Gasteiger partial charge in [0.05, 0.1) is 18.1 Å². The molecule has 1 aromatic heterocycles. The Morgan fingerprint density at radius 3 is 2.58 bits per heavy atom. The third kappa shape index (κ3) is 5.21. The smallest absolute Gasteiger partial charge is 0.242 e. The third-order valence-corrected chi connectivity index (χ3v) is 7.58. The van der Waals surface area contributed by atoms with Crippen molar-refractivity contribution in [1.82, 2.24) is 9.47 Å². The number of hydrogen-bond acceptors (Lipinski definition) is 5. The zero-order chi connectivity index (χ0) is 23.6. The molecule has 1 aliphatic rings. The molecule has 0 radical (unpaired) electrons. The fraction of sp³-hybridized carbons (Fsp3) is 0.304. The van der Waals surface area contributed by atoms with Crippen molar-refractivity contribution in [2.75, 3.05) is 37.4 Å². The Hall–Kier alpha value is -2.88. The second kappa shape index (κ2) is 9.54. The molecule has 0 unspecified atom stereocenters. The van der Waals surface area contributed by atoms with Gasteiger partial charge >= 0.3 is 0 Å². The first-order valence-corrected chi connectivity index (χ1v) is 12.5. The Labute approximate surface area is 197 Å². The van der Waals surface area contributed by atoms with Crippen LogP contribution in [0.2, 0.25) is 5.02 Å². The molecule has 3 aromatic rings. The Bertz CT molecular complexity index is 1310. The minimum Gasteiger partial charge on any atom is -0.378 e. The quantitative estimate of drug-likeness (QED) is 0.574. The molecule has 2 aromatic carbocycles. The van der Waals surface area contributed by atoms with Crippen molar-refractivity contribution < 1.29 is 22.7 Å². The Morgan fingerprint density at radius 1 is 1.12 bits per heavy atom. The van der Waals surface area contributed by atoms with E-state index in [0.717, 1.165) is 5.56 Å². The van der Waals surface area contributed by atoms with E-state index in [1.165, 1.54) is 6.20 Å². The molecule has 1 fully saturated rings. The molecule has 33 heavy (non-hydrogen) atoms. The maximum Gasteiger partial charge on any atom is 0.242 e. The van der Waals surface area contributed by atoms with Crippen LogP contribution in [0.4, 0.5) is 5.69 Å². The van der Waals surface area contributed by atoms with Gasteiger partial charge in [-0.05, 0) is 30.7 Å². The van der Waals surface area contributed by atoms with Gasteiger partial charge in [0.15, 0.2) is 9.84 Å². The van der Waals surface area contributed by atoms with Crippen molar-refractivity contribution in [2.24, 2.45) is 0 Å². The molecular weight excluding hydrogens is 466 g/mol. The SMILES string of the molecule is Cc1ccc(NC(=O)CS(=O)(=O)c2cn(CC(=O)N3CCOCC3)c3ccccc23)cc1Cl. The summed E-state index contributed by atoms with van der Waals surface area (Å²) in [6.45, 7) is 3.82. The monoisotopic (exact) mass is 489 g/mol. The average molecular weight is 490 g/mol. The average Bonchev–Trinajstić information content (AvgIpc) is 3.16. The second-order valence-corrected chi connectivity index (χ2v) is 10.3. The van der Waals surface area contributed by atoms with Gasteiger partial charge in [0.2, 0.25) is 11.8 Å². The van der Waals surface area contributed by atoms with E-state index < -0.39 is 21.5 Å². The van der Waals surface area contributed by atoms with E-state index in [4.69, 9.17) is 16.3 Å². The zero-order valence-electron chi connectivity index (χ0n) is 18.1. The van der Waals surface area contributed by atoms with Crippen LogP contribution >= 0.6 is 11.6 Å². The highest BCUT2D eigenvalue weighted by molar-refractivity contribution is 7.92. The molecular formula is C23H24ClN3O5S. The van der Waals surface area contributed by atoms with E-state index in [1.807, 2.05) is 6.92 Å². The Morgan fingerprint density at radius 2 is 1.85 bits per heavy atom. The normalized spacial score (nSPS) is 14.4. The number of carbonyl (C=O) groups is 2. The lowest BCUT2D eigenvalue weighted by Gasteiger charge is -2.27. The van der Waals surface area contributed by atoms with Crippen molar-refractivity contribution in [2.45, 2.75) is 18.4 Å². The number of fused-ring (bicyclic) bond motifs is 1. The molecule has 174 valence electrons. The van der Waals surface area contributed by atoms with Crippen molar-refractivity contribution in [3.05, 3.63) is 59.2 Å². The second-order valence-electron chi connectivity index (χ2n) is 7.90. The summed E-state index contributed by atoms with van der Waals surface area (Å²) in [6.07, 6.45) is 1.44. The molecule has 1 N–H and O–H groups in total. The summed E-state index contributed by atoms with van der Waals surface area (Å²) in [5.74, 6) is -1.52. The number of morpholine rings is 1. The fourth-order valence-corrected chi connectivity index (χ4v) is 5.32. The third-order valence-electron chi connectivity index (χ3n) is 5.53. The summed E-state index contributed by atoms with van der Waals surface area (Å²) >= 11 is 6.08. The van der Waals surface area contributed by atoms with Crippen molar-refractivity contribution in [1.29, 1.82) is 0 Å². The minimum absolute atomic E-state index is 0.00406. The van der Waals surface area contributed by atoms with Gasteiger partial charge in [0, 0.05) is 40.9 Å². The number of anilines is 1. The van der Waals surface area contributed by atoms with Crippen LogP contribution in [-0.2, 0) is 30.7 Å². The lowest BCUT2D eigenvalue weighted by atomic mass is 10.2. The van der Waals surface area contributed by atoms with Gasteiger partial charge in [-0.15, -0.1) is 0 Å². The molecule has 0 atom stereocenters. The number of rotatable bonds is 6. The fourth-order valence-electron chi connectivity index (χ4n) is 3.77. The largest absolute Gasteiger partial charge is 0.378 e. The first kappa shape index (κ1) is 23.3. The maximum absolute atomic E-state index is 13.2. The van der Waals surface area contributed by atoms with Gasteiger partial charge in [-0.2, -0.15) is 0 Å². The Balaban J connectivity index is 1.56. The van der Waals surface area contributed by atoms with Crippen LogP contribution in [0.3, 0.4) is 0 Å². The van der Waals surface area contributed by atoms with Crippen molar-refractivity contribution in [3.63, 3.8) is 0 Å². The first-order valence-electron chi connectivity index (χ1n) is 10.5. The van der Waals surface area contributed by atoms with Gasteiger partial charge in [-0.1, -0.05) is 35.9 Å². The summed E-state index contributed by atoms with van der Waals surface area (Å²) in [5.41, 5.74) is 1.88. The van der Waals surface area contributed by atoms with E-state index in [1.54, 1.807) is 51.9 Å². The summed E-state index contributed by atoms with van der Waals surface area (Å²) in [5, 5.41) is 3.53. The van der Waals surface area contributed by atoms with Crippen LogP contribution in [0.1, 0.15) is 5.56 Å². The molecule has 2 amide bonds. The van der Waals surface area contributed by atoms with Crippen molar-refractivity contribution in [3.8, 4) is 0 Å². The number of nitrogens with zero attached hydrogens (tertiary/aromatic N) is 2. The maximum atomic E-state index is 13.2. The first-order chi connectivity index (χ1) is 15.7. The van der Waals surface area contributed by atoms with Crippen LogP contribution < -0.4 is 5.32 Å². The molecule has 4 rings (SSSR count). The van der Waals surface area contributed by atoms with Crippen LogP contribution in [-0.4, -0.2) is 61.8 Å². The number of para-hydroxylation sites is 1. The van der Waals surface area contributed by atoms with Gasteiger partial charge in [-0.25, -0.2) is 8.42 Å². The predicted octanol–water partition coefficient (Wildman–Crippen LogP) is 2.87. The molecule has 0 saturated carbocycles. The molecule has 1 saturated heterocycles. The van der Waals surface area contributed by atoms with Crippen LogP contribution in [0.25, 0.3) is 10.9 Å². The van der Waals surface area contributed by atoms with E-state index in [2.05, 4.69) is 5.32 Å². The van der Waals surface area contributed by atoms with E-state index in [9.17, 15) is 18.0 Å². The minimum atomic E-state index is -3.98. The molecule has 0 bridgehead atoms. The zero-order valence-corrected chi connectivity index (χ0v) is 19.7. The number of ether oxygens (including phenoxy) is 1. The lowest BCUT2D eigenvalue weighted by Crippen LogP contribution is -2.42.